The number of amides is 1. The van der Waals surface area contributed by atoms with Gasteiger partial charge in [0.05, 0.1) is 39.7 Å². The van der Waals surface area contributed by atoms with E-state index in [1.165, 1.54) is 6.42 Å². The van der Waals surface area contributed by atoms with Gasteiger partial charge in [0.25, 0.3) is 0 Å². The van der Waals surface area contributed by atoms with Crippen LogP contribution in [-0.2, 0) is 23.9 Å². The van der Waals surface area contributed by atoms with Crippen LogP contribution in [0, 0.1) is 27.4 Å². The second-order valence-electron chi connectivity index (χ2n) is 9.70. The Morgan fingerprint density at radius 2 is 2.00 bits per heavy atom. The Kier molecular flexibility index (Phi) is 5.04. The van der Waals surface area contributed by atoms with Gasteiger partial charge in [-0.1, -0.05) is 0 Å². The van der Waals surface area contributed by atoms with E-state index in [2.05, 4.69) is 47.4 Å². The Bertz CT molecular complexity index is 1030. The Morgan fingerprint density at radius 1 is 1.29 bits per heavy atom. The zero-order chi connectivity index (χ0) is 22.0. The smallest absolute Gasteiger partial charge is 0.358 e. The Balaban J connectivity index is 1.36. The summed E-state index contributed by atoms with van der Waals surface area (Å²) in [6.07, 6.45) is 10.1. The number of rotatable bonds is 6. The zero-order valence-corrected chi connectivity index (χ0v) is 20.4. The van der Waals surface area contributed by atoms with E-state index in [0.29, 0.717) is 29.3 Å². The summed E-state index contributed by atoms with van der Waals surface area (Å²) >= 11 is 6.78. The number of nitrogens with zero attached hydrogens (tertiary/aromatic N) is 5. The number of aryl methyl sites for hydroxylation is 1. The molecule has 4 bridgehead atoms. The minimum Gasteiger partial charge on any atom is -0.358 e. The van der Waals surface area contributed by atoms with E-state index in [-0.39, 0.29) is 22.7 Å². The number of nitro groups is 1. The summed E-state index contributed by atoms with van der Waals surface area (Å²) in [7, 11) is 1.86. The third-order valence-electron chi connectivity index (χ3n) is 7.46. The zero-order valence-electron chi connectivity index (χ0n) is 17.2. The van der Waals surface area contributed by atoms with Crippen LogP contribution in [0.4, 0.5) is 5.82 Å². The molecule has 4 saturated carbocycles. The maximum atomic E-state index is 13.0. The highest BCUT2D eigenvalue weighted by Gasteiger charge is 2.60. The van der Waals surface area contributed by atoms with Crippen LogP contribution >= 0.6 is 31.9 Å². The highest BCUT2D eigenvalue weighted by molar-refractivity contribution is 9.10. The standard InChI is InChI=1S/C20H24Br2N6O3/c1-26-16(14(21)8-24-26)9-23-17(29)7-19-3-12-2-13(4-19)6-20(5-12,11-19)27-10-15(22)18(25-27)28(30)31/h8,10,12-13H,2-7,9,11H2,1H3,(H,23,29). The molecule has 6 rings (SSSR count). The number of halogens is 2. The number of nitrogens with one attached hydrogen (secondary N) is 1. The lowest BCUT2D eigenvalue weighted by atomic mass is 9.46. The number of carbonyl (C=O) groups is 1. The maximum absolute atomic E-state index is 13.0. The van der Waals surface area contributed by atoms with Gasteiger partial charge in [-0.05, 0) is 92.6 Å². The van der Waals surface area contributed by atoms with Crippen LogP contribution in [0.5, 0.6) is 0 Å². The first-order valence-corrected chi connectivity index (χ1v) is 12.1. The fraction of sp³-hybridized carbons (Fsp3) is 0.650. The van der Waals surface area contributed by atoms with Gasteiger partial charge >= 0.3 is 5.82 Å². The van der Waals surface area contributed by atoms with Crippen molar-refractivity contribution in [3.8, 4) is 0 Å². The predicted octanol–water partition coefficient (Wildman–Crippen LogP) is 4.05. The van der Waals surface area contributed by atoms with E-state index in [4.69, 9.17) is 0 Å². The molecule has 4 aliphatic rings. The van der Waals surface area contributed by atoms with Gasteiger partial charge in [-0.25, -0.2) is 0 Å². The van der Waals surface area contributed by atoms with E-state index in [1.807, 2.05) is 11.7 Å². The third-order valence-corrected chi connectivity index (χ3v) is 8.68. The van der Waals surface area contributed by atoms with Crippen LogP contribution < -0.4 is 5.32 Å². The van der Waals surface area contributed by atoms with E-state index in [9.17, 15) is 14.9 Å². The normalized spacial score (nSPS) is 31.2. The third kappa shape index (κ3) is 3.63. The highest BCUT2D eigenvalue weighted by Crippen LogP contribution is 2.65. The molecule has 1 N–H and O–H groups in total. The summed E-state index contributed by atoms with van der Waals surface area (Å²) in [5, 5.41) is 22.9. The van der Waals surface area contributed by atoms with Crippen LogP contribution in [0.15, 0.2) is 21.3 Å². The van der Waals surface area contributed by atoms with Gasteiger partial charge in [-0.3, -0.25) is 9.48 Å². The number of hydrogen-bond donors (Lipinski definition) is 1. The van der Waals surface area contributed by atoms with E-state index in [1.54, 1.807) is 17.1 Å². The minimum atomic E-state index is -0.444. The monoisotopic (exact) mass is 554 g/mol. The molecule has 11 heteroatoms. The van der Waals surface area contributed by atoms with Gasteiger partial charge in [0.15, 0.2) is 0 Å². The summed E-state index contributed by atoms with van der Waals surface area (Å²) in [5.74, 6) is 1.01. The SMILES string of the molecule is Cn1ncc(Br)c1CNC(=O)CC12CC3CC(C1)CC(n1cc(Br)c([N+](=O)[O-])n1)(C3)C2. The summed E-state index contributed by atoms with van der Waals surface area (Å²) in [6.45, 7) is 0.433. The van der Waals surface area contributed by atoms with Crippen LogP contribution in [0.25, 0.3) is 0 Å². The maximum Gasteiger partial charge on any atom is 0.404 e. The van der Waals surface area contributed by atoms with Crippen molar-refractivity contribution in [3.05, 3.63) is 37.1 Å². The van der Waals surface area contributed by atoms with Crippen molar-refractivity contribution < 1.29 is 9.72 Å². The lowest BCUT2D eigenvalue weighted by Crippen LogP contribution is -2.57. The minimum absolute atomic E-state index is 0.0535. The van der Waals surface area contributed by atoms with Crippen molar-refractivity contribution >= 4 is 43.6 Å². The van der Waals surface area contributed by atoms with Crippen LogP contribution in [-0.4, -0.2) is 30.4 Å². The lowest BCUT2D eigenvalue weighted by Gasteiger charge is -2.61. The van der Waals surface area contributed by atoms with Gasteiger partial charge in [0, 0.05) is 13.5 Å². The molecule has 4 fully saturated rings. The highest BCUT2D eigenvalue weighted by atomic mass is 79.9. The molecule has 2 heterocycles. The number of carbonyl (C=O) groups excluding carboxylic acids is 1. The van der Waals surface area contributed by atoms with E-state index in [0.717, 1.165) is 42.3 Å². The molecule has 0 aliphatic heterocycles. The molecule has 166 valence electrons. The largest absolute Gasteiger partial charge is 0.404 e. The van der Waals surface area contributed by atoms with Crippen LogP contribution in [0.3, 0.4) is 0 Å². The van der Waals surface area contributed by atoms with Crippen molar-refractivity contribution in [1.29, 1.82) is 0 Å². The van der Waals surface area contributed by atoms with Crippen LogP contribution in [0.1, 0.15) is 50.6 Å². The predicted molar refractivity (Wildman–Crippen MR) is 119 cm³/mol. The van der Waals surface area contributed by atoms with Gasteiger partial charge in [0.1, 0.15) is 4.47 Å². The van der Waals surface area contributed by atoms with Crippen molar-refractivity contribution in [2.45, 2.75) is 57.0 Å². The lowest BCUT2D eigenvalue weighted by molar-refractivity contribution is -0.390. The second-order valence-corrected chi connectivity index (χ2v) is 11.4. The fourth-order valence-electron chi connectivity index (χ4n) is 6.81. The molecule has 9 nitrogen and oxygen atoms in total. The fourth-order valence-corrected chi connectivity index (χ4v) is 7.71. The van der Waals surface area contributed by atoms with Crippen molar-refractivity contribution in [2.75, 3.05) is 0 Å². The van der Waals surface area contributed by atoms with Crippen molar-refractivity contribution in [3.63, 3.8) is 0 Å². The molecule has 0 saturated heterocycles. The second kappa shape index (κ2) is 7.40. The summed E-state index contributed by atoms with van der Waals surface area (Å²) in [5.41, 5.74) is 0.640. The van der Waals surface area contributed by atoms with Crippen LogP contribution in [0.2, 0.25) is 0 Å². The summed E-state index contributed by atoms with van der Waals surface area (Å²) in [4.78, 5) is 23.8. The number of aromatic nitrogens is 4. The summed E-state index contributed by atoms with van der Waals surface area (Å²) < 4.78 is 4.90. The molecule has 1 amide bonds. The van der Waals surface area contributed by atoms with Gasteiger partial charge in [0.2, 0.25) is 5.91 Å². The molecule has 0 spiro atoms. The van der Waals surface area contributed by atoms with Crippen molar-refractivity contribution in [2.24, 2.45) is 24.3 Å². The first kappa shape index (κ1) is 21.1. The van der Waals surface area contributed by atoms with Gasteiger partial charge < -0.3 is 15.4 Å². The Morgan fingerprint density at radius 3 is 2.58 bits per heavy atom. The topological polar surface area (TPSA) is 108 Å². The molecule has 4 aliphatic carbocycles. The van der Waals surface area contributed by atoms with E-state index >= 15 is 0 Å². The quantitative estimate of drug-likeness (QED) is 0.427. The average molecular weight is 556 g/mol. The molecule has 31 heavy (non-hydrogen) atoms. The molecule has 2 aromatic heterocycles. The Hall–Kier alpha value is -1.75. The molecule has 2 unspecified atom stereocenters. The molecule has 0 radical (unpaired) electrons. The molecule has 2 aromatic rings. The number of hydrogen-bond acceptors (Lipinski definition) is 5. The van der Waals surface area contributed by atoms with Gasteiger partial charge in [-0.15, -0.1) is 0 Å². The Labute approximate surface area is 196 Å². The summed E-state index contributed by atoms with van der Waals surface area (Å²) in [6, 6.07) is 0. The first-order valence-electron chi connectivity index (χ1n) is 10.5. The molecule has 0 aromatic carbocycles. The van der Waals surface area contributed by atoms with Gasteiger partial charge in [-0.2, -0.15) is 9.78 Å². The molecular formula is C20H24Br2N6O3. The molecule has 2 atom stereocenters. The van der Waals surface area contributed by atoms with E-state index < -0.39 is 4.92 Å². The molecular weight excluding hydrogens is 532 g/mol. The first-order chi connectivity index (χ1) is 14.7. The average Bonchev–Trinajstić information content (AvgIpc) is 3.21. The van der Waals surface area contributed by atoms with Crippen molar-refractivity contribution in [1.82, 2.24) is 24.9 Å².